The number of allylic oxidation sites excluding steroid dienone is 1. The van der Waals surface area contributed by atoms with Gasteiger partial charge in [-0.25, -0.2) is 0 Å². The molecule has 0 aliphatic heterocycles. The smallest absolute Gasteiger partial charge is 0.171 e. The topological polar surface area (TPSA) is 0 Å². The van der Waals surface area contributed by atoms with Gasteiger partial charge in [-0.15, -0.1) is 0 Å². The summed E-state index contributed by atoms with van der Waals surface area (Å²) in [6, 6.07) is 7.60. The third-order valence-corrected chi connectivity index (χ3v) is 2.15. The Morgan fingerprint density at radius 1 is 1.25 bits per heavy atom. The SMILES string of the molecule is CCCc1cccc(C=CCC(F)(F)F)c1. The second kappa shape index (κ2) is 5.73. The molecule has 0 saturated heterocycles. The van der Waals surface area contributed by atoms with E-state index >= 15 is 0 Å². The number of benzene rings is 1. The van der Waals surface area contributed by atoms with Gasteiger partial charge in [0, 0.05) is 0 Å². The first-order valence-electron chi connectivity index (χ1n) is 5.33. The normalized spacial score (nSPS) is 12.2. The number of rotatable bonds is 4. The Morgan fingerprint density at radius 3 is 2.62 bits per heavy atom. The summed E-state index contributed by atoms with van der Waals surface area (Å²) in [4.78, 5) is 0. The van der Waals surface area contributed by atoms with Gasteiger partial charge >= 0.3 is 6.18 Å². The van der Waals surface area contributed by atoms with Crippen LogP contribution >= 0.6 is 0 Å². The summed E-state index contributed by atoms with van der Waals surface area (Å²) < 4.78 is 35.7. The molecular formula is C13H15F3. The van der Waals surface area contributed by atoms with Gasteiger partial charge in [-0.1, -0.05) is 49.8 Å². The second-order valence-corrected chi connectivity index (χ2v) is 3.72. The maximum Gasteiger partial charge on any atom is 0.392 e. The molecule has 0 radical (unpaired) electrons. The van der Waals surface area contributed by atoms with Crippen LogP contribution in [-0.2, 0) is 6.42 Å². The van der Waals surface area contributed by atoms with Gasteiger partial charge in [-0.05, 0) is 17.5 Å². The van der Waals surface area contributed by atoms with Crippen LogP contribution in [0.5, 0.6) is 0 Å². The molecule has 0 aliphatic carbocycles. The highest BCUT2D eigenvalue weighted by molar-refractivity contribution is 5.50. The van der Waals surface area contributed by atoms with E-state index in [1.165, 1.54) is 6.08 Å². The van der Waals surface area contributed by atoms with Gasteiger partial charge in [0.05, 0.1) is 6.42 Å². The number of hydrogen-bond acceptors (Lipinski definition) is 0. The monoisotopic (exact) mass is 228 g/mol. The van der Waals surface area contributed by atoms with Gasteiger partial charge in [0.15, 0.2) is 0 Å². The summed E-state index contributed by atoms with van der Waals surface area (Å²) in [5.41, 5.74) is 1.99. The molecule has 0 unspecified atom stereocenters. The van der Waals surface area contributed by atoms with Crippen molar-refractivity contribution in [2.24, 2.45) is 0 Å². The molecule has 0 atom stereocenters. The number of hydrogen-bond donors (Lipinski definition) is 0. The molecule has 3 heteroatoms. The molecule has 0 spiro atoms. The van der Waals surface area contributed by atoms with E-state index < -0.39 is 12.6 Å². The van der Waals surface area contributed by atoms with E-state index in [0.717, 1.165) is 30.0 Å². The Kier molecular flexibility index (Phi) is 4.59. The fourth-order valence-corrected chi connectivity index (χ4v) is 1.47. The van der Waals surface area contributed by atoms with E-state index in [-0.39, 0.29) is 0 Å². The summed E-state index contributed by atoms with van der Waals surface area (Å²) in [5.74, 6) is 0. The summed E-state index contributed by atoms with van der Waals surface area (Å²) in [6.07, 6.45) is -0.309. The molecule has 0 fully saturated rings. The summed E-state index contributed by atoms with van der Waals surface area (Å²) in [7, 11) is 0. The highest BCUT2D eigenvalue weighted by atomic mass is 19.4. The molecule has 16 heavy (non-hydrogen) atoms. The van der Waals surface area contributed by atoms with Crippen molar-refractivity contribution in [2.75, 3.05) is 0 Å². The highest BCUT2D eigenvalue weighted by Gasteiger charge is 2.24. The van der Waals surface area contributed by atoms with E-state index in [0.29, 0.717) is 0 Å². The fraction of sp³-hybridized carbons (Fsp3) is 0.385. The standard InChI is InChI=1S/C13H15F3/c1-2-5-11-6-3-7-12(10-11)8-4-9-13(14,15)16/h3-4,6-8,10H,2,5,9H2,1H3. The number of aryl methyl sites for hydroxylation is 1. The lowest BCUT2D eigenvalue weighted by Gasteiger charge is -2.02. The van der Waals surface area contributed by atoms with Crippen molar-refractivity contribution in [1.29, 1.82) is 0 Å². The van der Waals surface area contributed by atoms with Crippen LogP contribution < -0.4 is 0 Å². The Hall–Kier alpha value is -1.25. The molecule has 0 aromatic heterocycles. The van der Waals surface area contributed by atoms with Crippen LogP contribution in [0.2, 0.25) is 0 Å². The van der Waals surface area contributed by atoms with Crippen LogP contribution in [-0.4, -0.2) is 6.18 Å². The van der Waals surface area contributed by atoms with E-state index in [2.05, 4.69) is 6.92 Å². The molecule has 1 aromatic rings. The lowest BCUT2D eigenvalue weighted by Crippen LogP contribution is -2.03. The number of halogens is 3. The molecule has 0 amide bonds. The maximum atomic E-state index is 11.9. The van der Waals surface area contributed by atoms with E-state index in [4.69, 9.17) is 0 Å². The van der Waals surface area contributed by atoms with Gasteiger partial charge in [0.1, 0.15) is 0 Å². The molecule has 0 N–H and O–H groups in total. The molecule has 0 nitrogen and oxygen atoms in total. The van der Waals surface area contributed by atoms with Gasteiger partial charge in [0.2, 0.25) is 0 Å². The van der Waals surface area contributed by atoms with Crippen LogP contribution in [0.3, 0.4) is 0 Å². The van der Waals surface area contributed by atoms with E-state index in [9.17, 15) is 13.2 Å². The summed E-state index contributed by atoms with van der Waals surface area (Å²) >= 11 is 0. The molecular weight excluding hydrogens is 213 g/mol. The second-order valence-electron chi connectivity index (χ2n) is 3.72. The summed E-state index contributed by atoms with van der Waals surface area (Å²) in [5, 5.41) is 0. The van der Waals surface area contributed by atoms with Crippen LogP contribution in [0.15, 0.2) is 30.3 Å². The first-order valence-corrected chi connectivity index (χ1v) is 5.33. The molecule has 1 rings (SSSR count). The largest absolute Gasteiger partial charge is 0.392 e. The van der Waals surface area contributed by atoms with Gasteiger partial charge in [-0.3, -0.25) is 0 Å². The molecule has 0 saturated carbocycles. The quantitative estimate of drug-likeness (QED) is 0.706. The van der Waals surface area contributed by atoms with Crippen molar-refractivity contribution in [3.63, 3.8) is 0 Å². The Labute approximate surface area is 93.8 Å². The minimum absolute atomic E-state index is 0.829. The Bertz CT molecular complexity index is 350. The van der Waals surface area contributed by atoms with Crippen LogP contribution in [0.4, 0.5) is 13.2 Å². The van der Waals surface area contributed by atoms with Crippen LogP contribution in [0.25, 0.3) is 6.08 Å². The van der Waals surface area contributed by atoms with Crippen molar-refractivity contribution in [3.05, 3.63) is 41.5 Å². The molecule has 1 aromatic carbocycles. The van der Waals surface area contributed by atoms with Crippen molar-refractivity contribution in [1.82, 2.24) is 0 Å². The van der Waals surface area contributed by atoms with Crippen molar-refractivity contribution >= 4 is 6.08 Å². The predicted molar refractivity (Wildman–Crippen MR) is 60.1 cm³/mol. The third kappa shape index (κ3) is 5.01. The summed E-state index contributed by atoms with van der Waals surface area (Å²) in [6.45, 7) is 2.08. The predicted octanol–water partition coefficient (Wildman–Crippen LogP) is 4.60. The zero-order chi connectivity index (χ0) is 12.0. The molecule has 0 aliphatic rings. The zero-order valence-electron chi connectivity index (χ0n) is 9.22. The van der Waals surface area contributed by atoms with Gasteiger partial charge in [0.25, 0.3) is 0 Å². The average Bonchev–Trinajstić information content (AvgIpc) is 2.17. The lowest BCUT2D eigenvalue weighted by atomic mass is 10.1. The molecule has 0 bridgehead atoms. The van der Waals surface area contributed by atoms with Crippen molar-refractivity contribution < 1.29 is 13.2 Å². The van der Waals surface area contributed by atoms with Crippen LogP contribution in [0.1, 0.15) is 30.9 Å². The first-order chi connectivity index (χ1) is 7.51. The highest BCUT2D eigenvalue weighted by Crippen LogP contribution is 2.20. The lowest BCUT2D eigenvalue weighted by molar-refractivity contribution is -0.124. The number of alkyl halides is 3. The van der Waals surface area contributed by atoms with Gasteiger partial charge < -0.3 is 0 Å². The fourth-order valence-electron chi connectivity index (χ4n) is 1.47. The first kappa shape index (κ1) is 12.8. The Balaban J connectivity index is 2.63. The minimum Gasteiger partial charge on any atom is -0.171 e. The molecule has 0 heterocycles. The van der Waals surface area contributed by atoms with E-state index in [1.807, 2.05) is 24.3 Å². The zero-order valence-corrected chi connectivity index (χ0v) is 9.22. The third-order valence-electron chi connectivity index (χ3n) is 2.15. The van der Waals surface area contributed by atoms with Crippen LogP contribution in [0, 0.1) is 0 Å². The van der Waals surface area contributed by atoms with E-state index in [1.54, 1.807) is 0 Å². The van der Waals surface area contributed by atoms with Gasteiger partial charge in [-0.2, -0.15) is 13.2 Å². The van der Waals surface area contributed by atoms with Crippen molar-refractivity contribution in [3.8, 4) is 0 Å². The maximum absolute atomic E-state index is 11.9. The minimum atomic E-state index is -4.11. The molecule has 88 valence electrons. The Morgan fingerprint density at radius 2 is 2.00 bits per heavy atom. The van der Waals surface area contributed by atoms with Crippen molar-refractivity contribution in [2.45, 2.75) is 32.4 Å². The average molecular weight is 228 g/mol.